The number of likely N-dealkylation sites (N-methyl/N-ethyl adjacent to an activating group) is 1. The molecule has 0 spiro atoms. The van der Waals surface area contributed by atoms with Gasteiger partial charge in [-0.05, 0) is 26.7 Å². The molecule has 0 aliphatic heterocycles. The molecule has 0 aromatic heterocycles. The number of urea groups is 1. The first-order valence-electron chi connectivity index (χ1n) is 6.75. The zero-order valence-electron chi connectivity index (χ0n) is 12.6. The quantitative estimate of drug-likeness (QED) is 0.571. The molecule has 1 atom stereocenters. The summed E-state index contributed by atoms with van der Waals surface area (Å²) in [6.45, 7) is 5.72. The molecule has 0 aliphatic rings. The van der Waals surface area contributed by atoms with Crippen LogP contribution in [0.3, 0.4) is 0 Å². The van der Waals surface area contributed by atoms with Gasteiger partial charge in [0, 0.05) is 19.6 Å². The number of nitrogens with zero attached hydrogens (tertiary/aromatic N) is 1. The fourth-order valence-corrected chi connectivity index (χ4v) is 1.52. The predicted molar refractivity (Wildman–Crippen MR) is 75.3 cm³/mol. The lowest BCUT2D eigenvalue weighted by molar-refractivity contribution is -0.141. The molecule has 0 heterocycles. The molecule has 0 rings (SSSR count). The lowest BCUT2D eigenvalue weighted by Crippen LogP contribution is -2.44. The predicted octanol–water partition coefficient (Wildman–Crippen LogP) is 0.653. The van der Waals surface area contributed by atoms with Gasteiger partial charge < -0.3 is 20.6 Å². The van der Waals surface area contributed by atoms with Crippen molar-refractivity contribution in [2.75, 3.05) is 20.1 Å². The van der Waals surface area contributed by atoms with E-state index in [4.69, 9.17) is 5.11 Å². The molecule has 0 saturated heterocycles. The average Bonchev–Trinajstić information content (AvgIpc) is 2.32. The highest BCUT2D eigenvalue weighted by molar-refractivity contribution is 5.83. The molecule has 0 aromatic rings. The molecule has 0 aliphatic carbocycles. The smallest absolute Gasteiger partial charge is 0.317 e. The van der Waals surface area contributed by atoms with Gasteiger partial charge in [-0.25, -0.2) is 4.79 Å². The van der Waals surface area contributed by atoms with Gasteiger partial charge in [0.15, 0.2) is 0 Å². The highest BCUT2D eigenvalue weighted by atomic mass is 16.4. The number of carboxylic acid groups (broad SMARTS) is 1. The summed E-state index contributed by atoms with van der Waals surface area (Å²) in [5, 5.41) is 14.1. The Balaban J connectivity index is 3.86. The Bertz CT molecular complexity index is 345. The van der Waals surface area contributed by atoms with Gasteiger partial charge >= 0.3 is 12.0 Å². The van der Waals surface area contributed by atoms with Crippen LogP contribution >= 0.6 is 0 Å². The van der Waals surface area contributed by atoms with E-state index < -0.39 is 11.9 Å². The molecule has 7 nitrogen and oxygen atoms in total. The Kier molecular flexibility index (Phi) is 8.35. The normalized spacial score (nSPS) is 11.8. The number of carbonyl (C=O) groups is 3. The topological polar surface area (TPSA) is 98.7 Å². The minimum atomic E-state index is -0.834. The Labute approximate surface area is 119 Å². The van der Waals surface area contributed by atoms with E-state index in [0.29, 0.717) is 19.4 Å². The van der Waals surface area contributed by atoms with Crippen molar-refractivity contribution in [2.24, 2.45) is 5.92 Å². The number of rotatable bonds is 8. The Morgan fingerprint density at radius 1 is 1.20 bits per heavy atom. The molecule has 0 fully saturated rings. The average molecular weight is 287 g/mol. The van der Waals surface area contributed by atoms with Crippen LogP contribution in [-0.2, 0) is 9.59 Å². The van der Waals surface area contributed by atoms with Gasteiger partial charge in [0.1, 0.15) is 6.54 Å². The number of amides is 3. The van der Waals surface area contributed by atoms with Gasteiger partial charge in [-0.15, -0.1) is 0 Å². The van der Waals surface area contributed by atoms with Crippen molar-refractivity contribution in [3.63, 3.8) is 0 Å². The third kappa shape index (κ3) is 8.34. The van der Waals surface area contributed by atoms with Crippen LogP contribution in [0.4, 0.5) is 4.79 Å². The van der Waals surface area contributed by atoms with Crippen LogP contribution in [0.1, 0.15) is 33.6 Å². The van der Waals surface area contributed by atoms with Crippen molar-refractivity contribution in [1.82, 2.24) is 15.5 Å². The molecule has 7 heteroatoms. The summed E-state index contributed by atoms with van der Waals surface area (Å²) in [6.07, 6.45) is 1.10. The van der Waals surface area contributed by atoms with E-state index in [1.54, 1.807) is 6.92 Å². The Morgan fingerprint density at radius 3 is 2.30 bits per heavy atom. The second kappa shape index (κ2) is 9.17. The Hall–Kier alpha value is -1.79. The van der Waals surface area contributed by atoms with Gasteiger partial charge in [0.25, 0.3) is 0 Å². The number of carboxylic acids is 1. The molecule has 0 aromatic carbocycles. The maximum atomic E-state index is 11.7. The molecule has 116 valence electrons. The fraction of sp³-hybridized carbons (Fsp3) is 0.769. The minimum Gasteiger partial charge on any atom is -0.481 e. The van der Waals surface area contributed by atoms with E-state index in [1.165, 1.54) is 11.9 Å². The summed E-state index contributed by atoms with van der Waals surface area (Å²) in [4.78, 5) is 35.0. The molecule has 3 amide bonds. The summed E-state index contributed by atoms with van der Waals surface area (Å²) in [7, 11) is 1.54. The molecule has 20 heavy (non-hydrogen) atoms. The number of aliphatic carboxylic acids is 1. The summed E-state index contributed by atoms with van der Waals surface area (Å²) >= 11 is 0. The first kappa shape index (κ1) is 18.2. The number of nitrogens with one attached hydrogen (secondary N) is 2. The zero-order valence-corrected chi connectivity index (χ0v) is 12.6. The summed E-state index contributed by atoms with van der Waals surface area (Å²) in [5.74, 6) is -1.46. The maximum absolute atomic E-state index is 11.7. The molecular formula is C13H25N3O4. The van der Waals surface area contributed by atoms with Crippen molar-refractivity contribution in [3.05, 3.63) is 0 Å². The Morgan fingerprint density at radius 2 is 1.80 bits per heavy atom. The SMILES string of the molecule is CC(C)NC(=O)CN(C)C(=O)NCCCC(C)C(=O)O. The number of hydrogen-bond acceptors (Lipinski definition) is 3. The van der Waals surface area contributed by atoms with Gasteiger partial charge in [-0.2, -0.15) is 0 Å². The van der Waals surface area contributed by atoms with E-state index in [1.807, 2.05) is 13.8 Å². The second-order valence-corrected chi connectivity index (χ2v) is 5.19. The molecule has 3 N–H and O–H groups in total. The second-order valence-electron chi connectivity index (χ2n) is 5.19. The summed E-state index contributed by atoms with van der Waals surface area (Å²) in [5.41, 5.74) is 0. The third-order valence-corrected chi connectivity index (χ3v) is 2.69. The van der Waals surface area contributed by atoms with Crippen LogP contribution < -0.4 is 10.6 Å². The lowest BCUT2D eigenvalue weighted by atomic mass is 10.1. The maximum Gasteiger partial charge on any atom is 0.317 e. The van der Waals surface area contributed by atoms with Gasteiger partial charge in [-0.3, -0.25) is 9.59 Å². The van der Waals surface area contributed by atoms with E-state index in [-0.39, 0.29) is 24.5 Å². The molecule has 0 saturated carbocycles. The van der Waals surface area contributed by atoms with Crippen molar-refractivity contribution in [3.8, 4) is 0 Å². The fourth-order valence-electron chi connectivity index (χ4n) is 1.52. The van der Waals surface area contributed by atoms with E-state index in [2.05, 4.69) is 10.6 Å². The van der Waals surface area contributed by atoms with Crippen molar-refractivity contribution < 1.29 is 19.5 Å². The standard InChI is InChI=1S/C13H25N3O4/c1-9(2)15-11(17)8-16(4)13(20)14-7-5-6-10(3)12(18)19/h9-10H,5-8H2,1-4H3,(H,14,20)(H,15,17)(H,18,19). The number of hydrogen-bond donors (Lipinski definition) is 3. The van der Waals surface area contributed by atoms with Crippen LogP contribution in [-0.4, -0.2) is 54.1 Å². The highest BCUT2D eigenvalue weighted by Gasteiger charge is 2.14. The van der Waals surface area contributed by atoms with E-state index >= 15 is 0 Å². The van der Waals surface area contributed by atoms with Crippen LogP contribution in [0, 0.1) is 5.92 Å². The lowest BCUT2D eigenvalue weighted by Gasteiger charge is -2.18. The van der Waals surface area contributed by atoms with Crippen LogP contribution in [0.15, 0.2) is 0 Å². The van der Waals surface area contributed by atoms with Gasteiger partial charge in [0.05, 0.1) is 5.92 Å². The monoisotopic (exact) mass is 287 g/mol. The molecule has 1 unspecified atom stereocenters. The number of carbonyl (C=O) groups excluding carboxylic acids is 2. The van der Waals surface area contributed by atoms with Crippen LogP contribution in [0.25, 0.3) is 0 Å². The molecular weight excluding hydrogens is 262 g/mol. The molecule has 0 radical (unpaired) electrons. The third-order valence-electron chi connectivity index (χ3n) is 2.69. The summed E-state index contributed by atoms with van der Waals surface area (Å²) < 4.78 is 0. The first-order valence-corrected chi connectivity index (χ1v) is 6.75. The van der Waals surface area contributed by atoms with E-state index in [0.717, 1.165) is 0 Å². The van der Waals surface area contributed by atoms with Crippen molar-refractivity contribution in [1.29, 1.82) is 0 Å². The summed E-state index contributed by atoms with van der Waals surface area (Å²) in [6, 6.07) is -0.302. The van der Waals surface area contributed by atoms with E-state index in [9.17, 15) is 14.4 Å². The minimum absolute atomic E-state index is 0.00442. The van der Waals surface area contributed by atoms with Gasteiger partial charge in [-0.1, -0.05) is 6.92 Å². The van der Waals surface area contributed by atoms with Crippen molar-refractivity contribution in [2.45, 2.75) is 39.7 Å². The highest BCUT2D eigenvalue weighted by Crippen LogP contribution is 2.04. The largest absolute Gasteiger partial charge is 0.481 e. The zero-order chi connectivity index (χ0) is 15.7. The molecule has 0 bridgehead atoms. The van der Waals surface area contributed by atoms with Crippen LogP contribution in [0.5, 0.6) is 0 Å². The first-order chi connectivity index (χ1) is 9.23. The van der Waals surface area contributed by atoms with Crippen LogP contribution in [0.2, 0.25) is 0 Å². The van der Waals surface area contributed by atoms with Crippen molar-refractivity contribution >= 4 is 17.9 Å². The van der Waals surface area contributed by atoms with Gasteiger partial charge in [0.2, 0.25) is 5.91 Å².